The molecule has 0 fully saturated rings. The lowest BCUT2D eigenvalue weighted by Gasteiger charge is -2.21. The van der Waals surface area contributed by atoms with E-state index in [4.69, 9.17) is 16.3 Å². The molecule has 1 amide bonds. The van der Waals surface area contributed by atoms with Gasteiger partial charge in [-0.25, -0.2) is 4.39 Å². The highest BCUT2D eigenvalue weighted by atomic mass is 35.5. The van der Waals surface area contributed by atoms with E-state index in [2.05, 4.69) is 5.32 Å². The standard InChI is InChI=1S/C16H17ClFNO2S/c1-10(2)16(14-4-3-7-22-14)19-15(20)9-21-13-6-5-11(18)8-12(13)17/h3-8,10,16H,9H2,1-2H3,(H,19,20)/t16-/m0/s1. The van der Waals surface area contributed by atoms with Gasteiger partial charge in [-0.1, -0.05) is 31.5 Å². The van der Waals surface area contributed by atoms with E-state index in [0.717, 1.165) is 10.9 Å². The number of benzene rings is 1. The van der Waals surface area contributed by atoms with Gasteiger partial charge < -0.3 is 10.1 Å². The Morgan fingerprint density at radius 1 is 1.41 bits per heavy atom. The van der Waals surface area contributed by atoms with E-state index >= 15 is 0 Å². The van der Waals surface area contributed by atoms with Crippen molar-refractivity contribution in [3.63, 3.8) is 0 Å². The first-order valence-electron chi connectivity index (χ1n) is 6.88. The van der Waals surface area contributed by atoms with Crippen LogP contribution in [0.15, 0.2) is 35.7 Å². The molecule has 0 aliphatic carbocycles. The van der Waals surface area contributed by atoms with Gasteiger partial charge in [-0.3, -0.25) is 4.79 Å². The van der Waals surface area contributed by atoms with Crippen LogP contribution in [0, 0.1) is 11.7 Å². The molecule has 1 heterocycles. The maximum absolute atomic E-state index is 12.9. The first-order chi connectivity index (χ1) is 10.5. The van der Waals surface area contributed by atoms with E-state index in [0.29, 0.717) is 0 Å². The molecule has 1 N–H and O–H groups in total. The molecule has 2 aromatic rings. The highest BCUT2D eigenvalue weighted by Gasteiger charge is 2.19. The SMILES string of the molecule is CC(C)[C@H](NC(=O)COc1ccc(F)cc1Cl)c1cccs1. The Balaban J connectivity index is 1.94. The molecule has 0 spiro atoms. The van der Waals surface area contributed by atoms with Gasteiger partial charge in [0.1, 0.15) is 11.6 Å². The van der Waals surface area contributed by atoms with Crippen molar-refractivity contribution in [2.75, 3.05) is 6.61 Å². The summed E-state index contributed by atoms with van der Waals surface area (Å²) in [5, 5.41) is 5.07. The summed E-state index contributed by atoms with van der Waals surface area (Å²) in [5.74, 6) is -0.140. The fourth-order valence-corrected chi connectivity index (χ4v) is 3.16. The van der Waals surface area contributed by atoms with Crippen molar-refractivity contribution in [3.8, 4) is 5.75 Å². The van der Waals surface area contributed by atoms with Crippen LogP contribution in [0.1, 0.15) is 24.8 Å². The molecule has 0 aliphatic heterocycles. The second kappa shape index (κ2) is 7.61. The van der Waals surface area contributed by atoms with Gasteiger partial charge >= 0.3 is 0 Å². The van der Waals surface area contributed by atoms with Crippen molar-refractivity contribution >= 4 is 28.8 Å². The number of nitrogens with one attached hydrogen (secondary N) is 1. The maximum Gasteiger partial charge on any atom is 0.258 e. The molecule has 0 aliphatic rings. The summed E-state index contributed by atoms with van der Waals surface area (Å²) in [7, 11) is 0. The van der Waals surface area contributed by atoms with Gasteiger partial charge in [0.2, 0.25) is 0 Å². The highest BCUT2D eigenvalue weighted by molar-refractivity contribution is 7.10. The summed E-state index contributed by atoms with van der Waals surface area (Å²) in [4.78, 5) is 13.2. The Hall–Kier alpha value is -1.59. The molecule has 0 unspecified atom stereocenters. The lowest BCUT2D eigenvalue weighted by Crippen LogP contribution is -2.34. The number of halogens is 2. The third-order valence-electron chi connectivity index (χ3n) is 3.09. The monoisotopic (exact) mass is 341 g/mol. The predicted molar refractivity (Wildman–Crippen MR) is 86.9 cm³/mol. The quantitative estimate of drug-likeness (QED) is 0.844. The summed E-state index contributed by atoms with van der Waals surface area (Å²) in [6.07, 6.45) is 0. The molecule has 3 nitrogen and oxygen atoms in total. The van der Waals surface area contributed by atoms with Crippen LogP contribution in [0.2, 0.25) is 5.02 Å². The minimum atomic E-state index is -0.445. The Bertz CT molecular complexity index is 631. The zero-order valence-corrected chi connectivity index (χ0v) is 13.9. The normalized spacial score (nSPS) is 12.2. The summed E-state index contributed by atoms with van der Waals surface area (Å²) in [5.41, 5.74) is 0. The van der Waals surface area contributed by atoms with Crippen molar-refractivity contribution in [2.24, 2.45) is 5.92 Å². The smallest absolute Gasteiger partial charge is 0.258 e. The largest absolute Gasteiger partial charge is 0.482 e. The molecular formula is C16H17ClFNO2S. The van der Waals surface area contributed by atoms with E-state index in [1.54, 1.807) is 11.3 Å². The van der Waals surface area contributed by atoms with Crippen LogP contribution >= 0.6 is 22.9 Å². The molecule has 0 bridgehead atoms. The van der Waals surface area contributed by atoms with E-state index < -0.39 is 5.82 Å². The van der Waals surface area contributed by atoms with Gasteiger partial charge in [0, 0.05) is 4.88 Å². The summed E-state index contributed by atoms with van der Waals surface area (Å²) in [6, 6.07) is 7.69. The van der Waals surface area contributed by atoms with Crippen molar-refractivity contribution in [3.05, 3.63) is 51.4 Å². The molecule has 1 aromatic carbocycles. The first kappa shape index (κ1) is 16.8. The number of hydrogen-bond acceptors (Lipinski definition) is 3. The van der Waals surface area contributed by atoms with E-state index in [-0.39, 0.29) is 35.2 Å². The van der Waals surface area contributed by atoms with E-state index in [9.17, 15) is 9.18 Å². The molecule has 118 valence electrons. The third-order valence-corrected chi connectivity index (χ3v) is 4.34. The van der Waals surface area contributed by atoms with Crippen LogP contribution in [-0.2, 0) is 4.79 Å². The van der Waals surface area contributed by atoms with E-state index in [1.807, 2.05) is 31.4 Å². The van der Waals surface area contributed by atoms with Crippen molar-refractivity contribution in [1.82, 2.24) is 5.32 Å². The van der Waals surface area contributed by atoms with Gasteiger partial charge in [-0.2, -0.15) is 0 Å². The topological polar surface area (TPSA) is 38.3 Å². The summed E-state index contributed by atoms with van der Waals surface area (Å²) >= 11 is 7.46. The lowest BCUT2D eigenvalue weighted by molar-refractivity contribution is -0.124. The van der Waals surface area contributed by atoms with Crippen LogP contribution in [0.4, 0.5) is 4.39 Å². The number of thiophene rings is 1. The second-order valence-corrected chi connectivity index (χ2v) is 6.55. The van der Waals surface area contributed by atoms with Gasteiger partial charge in [0.25, 0.3) is 5.91 Å². The number of rotatable bonds is 6. The second-order valence-electron chi connectivity index (χ2n) is 5.17. The van der Waals surface area contributed by atoms with Crippen molar-refractivity contribution < 1.29 is 13.9 Å². The molecule has 1 aromatic heterocycles. The number of carbonyl (C=O) groups excluding carboxylic acids is 1. The van der Waals surface area contributed by atoms with Gasteiger partial charge in [0.05, 0.1) is 11.1 Å². The van der Waals surface area contributed by atoms with Gasteiger partial charge in [0.15, 0.2) is 6.61 Å². The first-order valence-corrected chi connectivity index (χ1v) is 8.13. The zero-order valence-electron chi connectivity index (χ0n) is 12.3. The molecule has 1 atom stereocenters. The zero-order chi connectivity index (χ0) is 16.1. The summed E-state index contributed by atoms with van der Waals surface area (Å²) < 4.78 is 18.3. The van der Waals surface area contributed by atoms with E-state index in [1.165, 1.54) is 12.1 Å². The summed E-state index contributed by atoms with van der Waals surface area (Å²) in [6.45, 7) is 3.92. The Morgan fingerprint density at radius 2 is 2.18 bits per heavy atom. The molecular weight excluding hydrogens is 325 g/mol. The van der Waals surface area contributed by atoms with Crippen LogP contribution in [0.3, 0.4) is 0 Å². The third kappa shape index (κ3) is 4.45. The molecule has 0 saturated heterocycles. The average molecular weight is 342 g/mol. The van der Waals surface area contributed by atoms with Crippen LogP contribution in [0.5, 0.6) is 5.75 Å². The highest BCUT2D eigenvalue weighted by Crippen LogP contribution is 2.26. The van der Waals surface area contributed by atoms with Crippen LogP contribution < -0.4 is 10.1 Å². The maximum atomic E-state index is 12.9. The molecule has 0 saturated carbocycles. The van der Waals surface area contributed by atoms with Crippen LogP contribution in [-0.4, -0.2) is 12.5 Å². The number of ether oxygens (including phenoxy) is 1. The van der Waals surface area contributed by atoms with Crippen LogP contribution in [0.25, 0.3) is 0 Å². The molecule has 0 radical (unpaired) electrons. The minimum Gasteiger partial charge on any atom is -0.482 e. The molecule has 2 rings (SSSR count). The average Bonchev–Trinajstić information content (AvgIpc) is 2.97. The number of hydrogen-bond donors (Lipinski definition) is 1. The minimum absolute atomic E-state index is 0.0558. The van der Waals surface area contributed by atoms with Gasteiger partial charge in [-0.15, -0.1) is 11.3 Å². The number of amides is 1. The fourth-order valence-electron chi connectivity index (χ4n) is 1.99. The number of carbonyl (C=O) groups is 1. The predicted octanol–water partition coefficient (Wildman–Crippen LogP) is 4.43. The Kier molecular flexibility index (Phi) is 5.80. The fraction of sp³-hybridized carbons (Fsp3) is 0.312. The van der Waals surface area contributed by atoms with Crippen molar-refractivity contribution in [1.29, 1.82) is 0 Å². The van der Waals surface area contributed by atoms with Gasteiger partial charge in [-0.05, 0) is 35.6 Å². The lowest BCUT2D eigenvalue weighted by atomic mass is 10.0. The molecule has 6 heteroatoms. The van der Waals surface area contributed by atoms with Crippen molar-refractivity contribution in [2.45, 2.75) is 19.9 Å². The Labute approximate surface area is 138 Å². The Morgan fingerprint density at radius 3 is 2.77 bits per heavy atom. The molecule has 22 heavy (non-hydrogen) atoms.